The van der Waals surface area contributed by atoms with Crippen LogP contribution in [0.15, 0.2) is 53.6 Å². The zero-order chi connectivity index (χ0) is 21.3. The molecule has 2 aromatic rings. The first-order valence-electron chi connectivity index (χ1n) is 10.0. The maximum Gasteiger partial charge on any atom is 0.262 e. The van der Waals surface area contributed by atoms with Crippen molar-refractivity contribution in [3.8, 4) is 5.75 Å². The highest BCUT2D eigenvalue weighted by Gasteiger charge is 2.36. The average Bonchev–Trinajstić information content (AvgIpc) is 3.51. The molecule has 30 heavy (non-hydrogen) atoms. The summed E-state index contributed by atoms with van der Waals surface area (Å²) in [6.45, 7) is -0.0256. The second-order valence-corrected chi connectivity index (χ2v) is 7.75. The number of likely N-dealkylation sites (N-methyl/N-ethyl adjacent to an activating group) is 1. The van der Waals surface area contributed by atoms with Crippen molar-refractivity contribution in [1.82, 2.24) is 9.91 Å². The molecule has 0 radical (unpaired) electrons. The average molecular weight is 409 g/mol. The number of benzene rings is 2. The smallest absolute Gasteiger partial charge is 0.262 e. The van der Waals surface area contributed by atoms with E-state index in [-0.39, 0.29) is 36.1 Å². The molecule has 7 heteroatoms. The van der Waals surface area contributed by atoms with Gasteiger partial charge in [0.05, 0.1) is 18.9 Å². The van der Waals surface area contributed by atoms with Crippen molar-refractivity contribution in [2.75, 3.05) is 20.7 Å². The van der Waals surface area contributed by atoms with Crippen molar-refractivity contribution in [3.63, 3.8) is 0 Å². The first-order chi connectivity index (χ1) is 14.5. The van der Waals surface area contributed by atoms with Crippen LogP contribution >= 0.6 is 0 Å². The Balaban J connectivity index is 1.59. The van der Waals surface area contributed by atoms with E-state index in [4.69, 9.17) is 4.74 Å². The standard InChI is InChI=1S/C23H24FN3O3/c1-26(23(29)17-3-4-17)14-22(28)27-21(16-7-11-19(30-2)12-8-16)13-20(25-27)15-5-9-18(24)10-6-15/h5-12,17,21H,3-4,13-14H2,1-2H3/t21-/m1/s1. The van der Waals surface area contributed by atoms with E-state index in [1.165, 1.54) is 22.0 Å². The minimum atomic E-state index is -0.322. The van der Waals surface area contributed by atoms with Crippen molar-refractivity contribution in [2.45, 2.75) is 25.3 Å². The number of hydrogen-bond donors (Lipinski definition) is 0. The summed E-state index contributed by atoms with van der Waals surface area (Å²) in [5, 5.41) is 6.03. The maximum atomic E-state index is 13.3. The number of rotatable bonds is 6. The van der Waals surface area contributed by atoms with Gasteiger partial charge in [0.1, 0.15) is 18.1 Å². The summed E-state index contributed by atoms with van der Waals surface area (Å²) in [6, 6.07) is 13.3. The number of methoxy groups -OCH3 is 1. The molecule has 0 aromatic heterocycles. The van der Waals surface area contributed by atoms with Crippen LogP contribution in [-0.4, -0.2) is 48.1 Å². The second kappa shape index (κ2) is 8.26. The fourth-order valence-corrected chi connectivity index (χ4v) is 3.64. The molecule has 2 aromatic carbocycles. The molecule has 0 bridgehead atoms. The molecule has 1 fully saturated rings. The normalized spacial score (nSPS) is 18.2. The van der Waals surface area contributed by atoms with Gasteiger partial charge in [0, 0.05) is 19.4 Å². The highest BCUT2D eigenvalue weighted by molar-refractivity contribution is 6.03. The highest BCUT2D eigenvalue weighted by Crippen LogP contribution is 2.34. The van der Waals surface area contributed by atoms with Crippen LogP contribution in [-0.2, 0) is 9.59 Å². The molecule has 1 aliphatic carbocycles. The lowest BCUT2D eigenvalue weighted by molar-refractivity contribution is -0.141. The number of ether oxygens (including phenoxy) is 1. The SMILES string of the molecule is COc1ccc([C@H]2CC(c3ccc(F)cc3)=NN2C(=O)CN(C)C(=O)C2CC2)cc1. The summed E-state index contributed by atoms with van der Waals surface area (Å²) in [5.41, 5.74) is 2.40. The van der Waals surface area contributed by atoms with Crippen LogP contribution in [0.3, 0.4) is 0 Å². The van der Waals surface area contributed by atoms with Gasteiger partial charge in [-0.2, -0.15) is 5.10 Å². The number of carbonyl (C=O) groups excluding carboxylic acids is 2. The number of hydrogen-bond acceptors (Lipinski definition) is 4. The fraction of sp³-hybridized carbons (Fsp3) is 0.348. The molecule has 0 unspecified atom stereocenters. The van der Waals surface area contributed by atoms with E-state index >= 15 is 0 Å². The number of amides is 2. The largest absolute Gasteiger partial charge is 0.497 e. The van der Waals surface area contributed by atoms with E-state index in [0.717, 1.165) is 29.7 Å². The number of carbonyl (C=O) groups is 2. The molecule has 0 spiro atoms. The Labute approximate surface area is 174 Å². The third-order valence-corrected chi connectivity index (χ3v) is 5.52. The van der Waals surface area contributed by atoms with Gasteiger partial charge in [0.2, 0.25) is 5.91 Å². The summed E-state index contributed by atoms with van der Waals surface area (Å²) in [4.78, 5) is 26.8. The Morgan fingerprint density at radius 3 is 2.40 bits per heavy atom. The van der Waals surface area contributed by atoms with E-state index in [1.807, 2.05) is 24.3 Å². The van der Waals surface area contributed by atoms with Gasteiger partial charge in [-0.1, -0.05) is 24.3 Å². The van der Waals surface area contributed by atoms with Gasteiger partial charge in [-0.25, -0.2) is 9.40 Å². The van der Waals surface area contributed by atoms with Crippen molar-refractivity contribution in [3.05, 3.63) is 65.5 Å². The monoisotopic (exact) mass is 409 g/mol. The number of halogens is 1. The molecule has 2 amide bonds. The molecule has 1 saturated carbocycles. The maximum absolute atomic E-state index is 13.3. The van der Waals surface area contributed by atoms with Crippen molar-refractivity contribution >= 4 is 17.5 Å². The lowest BCUT2D eigenvalue weighted by atomic mass is 9.98. The Kier molecular flexibility index (Phi) is 5.53. The Morgan fingerprint density at radius 1 is 1.13 bits per heavy atom. The van der Waals surface area contributed by atoms with Gasteiger partial charge >= 0.3 is 0 Å². The minimum absolute atomic E-state index is 0.00582. The van der Waals surface area contributed by atoms with E-state index in [9.17, 15) is 14.0 Å². The van der Waals surface area contributed by atoms with Gasteiger partial charge in [0.15, 0.2) is 0 Å². The third-order valence-electron chi connectivity index (χ3n) is 5.52. The molecule has 1 atom stereocenters. The van der Waals surface area contributed by atoms with Crippen molar-refractivity contribution in [2.24, 2.45) is 11.0 Å². The third kappa shape index (κ3) is 4.20. The summed E-state index contributed by atoms with van der Waals surface area (Å²) in [5.74, 6) is 0.217. The van der Waals surface area contributed by atoms with Crippen LogP contribution < -0.4 is 4.74 Å². The van der Waals surface area contributed by atoms with E-state index < -0.39 is 0 Å². The lowest BCUT2D eigenvalue weighted by Gasteiger charge is -2.25. The molecule has 0 saturated heterocycles. The van der Waals surface area contributed by atoms with Crippen LogP contribution in [0.5, 0.6) is 5.75 Å². The summed E-state index contributed by atoms with van der Waals surface area (Å²) in [7, 11) is 3.25. The number of hydrazone groups is 1. The summed E-state index contributed by atoms with van der Waals surface area (Å²) < 4.78 is 18.6. The van der Waals surface area contributed by atoms with Crippen LogP contribution in [0.1, 0.15) is 36.4 Å². The molecule has 1 aliphatic heterocycles. The van der Waals surface area contributed by atoms with Crippen molar-refractivity contribution in [1.29, 1.82) is 0 Å². The molecule has 1 heterocycles. The zero-order valence-corrected chi connectivity index (χ0v) is 17.0. The molecular formula is C23H24FN3O3. The van der Waals surface area contributed by atoms with Crippen LogP contribution in [0.2, 0.25) is 0 Å². The Morgan fingerprint density at radius 2 is 1.80 bits per heavy atom. The van der Waals surface area contributed by atoms with Gasteiger partial charge in [0.25, 0.3) is 5.91 Å². The van der Waals surface area contributed by atoms with Gasteiger partial charge in [-0.05, 0) is 48.2 Å². The topological polar surface area (TPSA) is 62.2 Å². The first kappa shape index (κ1) is 20.1. The van der Waals surface area contributed by atoms with E-state index in [2.05, 4.69) is 5.10 Å². The first-order valence-corrected chi connectivity index (χ1v) is 10.0. The minimum Gasteiger partial charge on any atom is -0.497 e. The second-order valence-electron chi connectivity index (χ2n) is 7.75. The molecule has 156 valence electrons. The van der Waals surface area contributed by atoms with Crippen LogP contribution in [0.4, 0.5) is 4.39 Å². The highest BCUT2D eigenvalue weighted by atomic mass is 19.1. The quantitative estimate of drug-likeness (QED) is 0.735. The predicted octanol–water partition coefficient (Wildman–Crippen LogP) is 3.38. The van der Waals surface area contributed by atoms with Gasteiger partial charge < -0.3 is 9.64 Å². The number of nitrogens with zero attached hydrogens (tertiary/aromatic N) is 3. The Bertz CT molecular complexity index is 968. The van der Waals surface area contributed by atoms with E-state index in [1.54, 1.807) is 26.3 Å². The molecule has 2 aliphatic rings. The van der Waals surface area contributed by atoms with Crippen LogP contribution in [0, 0.1) is 11.7 Å². The van der Waals surface area contributed by atoms with Gasteiger partial charge in [-0.15, -0.1) is 0 Å². The molecule has 0 N–H and O–H groups in total. The van der Waals surface area contributed by atoms with E-state index in [0.29, 0.717) is 12.1 Å². The predicted molar refractivity (Wildman–Crippen MR) is 110 cm³/mol. The Hall–Kier alpha value is -3.22. The summed E-state index contributed by atoms with van der Waals surface area (Å²) in [6.07, 6.45) is 2.29. The zero-order valence-electron chi connectivity index (χ0n) is 17.0. The van der Waals surface area contributed by atoms with Gasteiger partial charge in [-0.3, -0.25) is 9.59 Å². The van der Waals surface area contributed by atoms with Crippen molar-refractivity contribution < 1.29 is 18.7 Å². The molecule has 6 nitrogen and oxygen atoms in total. The molecule has 4 rings (SSSR count). The lowest BCUT2D eigenvalue weighted by Crippen LogP contribution is -2.39. The molecular weight excluding hydrogens is 385 g/mol. The van der Waals surface area contributed by atoms with Crippen LogP contribution in [0.25, 0.3) is 0 Å². The summed E-state index contributed by atoms with van der Waals surface area (Å²) >= 11 is 0. The fourth-order valence-electron chi connectivity index (χ4n) is 3.64.